The SMILES string of the molecule is CC(CN1CCOCC1)OC(=O)c1ccc2nc(-c3cc(Cl)cc(Cl)c3)oc2c1. The first kappa shape index (κ1) is 20.2. The lowest BCUT2D eigenvalue weighted by Crippen LogP contribution is -2.41. The van der Waals surface area contributed by atoms with Crippen molar-refractivity contribution in [2.24, 2.45) is 0 Å². The number of rotatable bonds is 5. The highest BCUT2D eigenvalue weighted by atomic mass is 35.5. The molecule has 1 fully saturated rings. The number of morpholine rings is 1. The number of ether oxygens (including phenoxy) is 2. The number of carbonyl (C=O) groups excluding carboxylic acids is 1. The largest absolute Gasteiger partial charge is 0.458 e. The Morgan fingerprint density at radius 2 is 1.90 bits per heavy atom. The number of hydrogen-bond acceptors (Lipinski definition) is 6. The highest BCUT2D eigenvalue weighted by molar-refractivity contribution is 6.35. The minimum Gasteiger partial charge on any atom is -0.458 e. The molecule has 1 unspecified atom stereocenters. The number of hydrogen-bond donors (Lipinski definition) is 0. The summed E-state index contributed by atoms with van der Waals surface area (Å²) in [6, 6.07) is 10.1. The summed E-state index contributed by atoms with van der Waals surface area (Å²) in [6.07, 6.45) is -0.227. The molecule has 6 nitrogen and oxygen atoms in total. The van der Waals surface area contributed by atoms with E-state index in [1.54, 1.807) is 36.4 Å². The van der Waals surface area contributed by atoms with E-state index in [-0.39, 0.29) is 6.10 Å². The van der Waals surface area contributed by atoms with E-state index < -0.39 is 5.97 Å². The molecule has 0 spiro atoms. The van der Waals surface area contributed by atoms with Crippen molar-refractivity contribution >= 4 is 40.3 Å². The maximum atomic E-state index is 12.5. The fourth-order valence-corrected chi connectivity index (χ4v) is 3.81. The van der Waals surface area contributed by atoms with Gasteiger partial charge in [-0.3, -0.25) is 4.90 Å². The number of oxazole rings is 1. The topological polar surface area (TPSA) is 64.8 Å². The summed E-state index contributed by atoms with van der Waals surface area (Å²) in [5.74, 6) is -0.00740. The Morgan fingerprint density at radius 1 is 1.17 bits per heavy atom. The second kappa shape index (κ2) is 8.71. The summed E-state index contributed by atoms with van der Waals surface area (Å²) in [5, 5.41) is 0.988. The first-order valence-electron chi connectivity index (χ1n) is 9.36. The molecule has 4 rings (SSSR count). The fourth-order valence-electron chi connectivity index (χ4n) is 3.29. The van der Waals surface area contributed by atoms with Crippen LogP contribution in [0.15, 0.2) is 40.8 Å². The van der Waals surface area contributed by atoms with Crippen molar-refractivity contribution in [3.63, 3.8) is 0 Å². The van der Waals surface area contributed by atoms with Crippen molar-refractivity contribution in [3.05, 3.63) is 52.0 Å². The average molecular weight is 435 g/mol. The third-order valence-electron chi connectivity index (χ3n) is 4.66. The molecule has 1 saturated heterocycles. The van der Waals surface area contributed by atoms with Gasteiger partial charge in [0.1, 0.15) is 11.6 Å². The first-order chi connectivity index (χ1) is 14.0. The van der Waals surface area contributed by atoms with Gasteiger partial charge in [0.05, 0.1) is 18.8 Å². The highest BCUT2D eigenvalue weighted by Gasteiger charge is 2.19. The molecule has 1 atom stereocenters. The number of halogens is 2. The van der Waals surface area contributed by atoms with Crippen LogP contribution in [-0.2, 0) is 9.47 Å². The van der Waals surface area contributed by atoms with Gasteiger partial charge in [-0.1, -0.05) is 23.2 Å². The van der Waals surface area contributed by atoms with Gasteiger partial charge in [-0.15, -0.1) is 0 Å². The number of aromatic nitrogens is 1. The molecule has 3 aromatic rings. The lowest BCUT2D eigenvalue weighted by molar-refractivity contribution is 0.000448. The average Bonchev–Trinajstić information content (AvgIpc) is 3.11. The summed E-state index contributed by atoms with van der Waals surface area (Å²) in [4.78, 5) is 19.2. The van der Waals surface area contributed by atoms with Crippen LogP contribution in [-0.4, -0.2) is 54.8 Å². The minimum atomic E-state index is -0.392. The van der Waals surface area contributed by atoms with Crippen molar-refractivity contribution in [2.75, 3.05) is 32.8 Å². The molecule has 1 aliphatic heterocycles. The van der Waals surface area contributed by atoms with Gasteiger partial charge < -0.3 is 13.9 Å². The summed E-state index contributed by atoms with van der Waals surface area (Å²) >= 11 is 12.1. The van der Waals surface area contributed by atoms with Gasteiger partial charge in [-0.2, -0.15) is 0 Å². The van der Waals surface area contributed by atoms with E-state index in [9.17, 15) is 4.79 Å². The quantitative estimate of drug-likeness (QED) is 0.543. The Kier molecular flexibility index (Phi) is 6.06. The Labute approximate surface area is 178 Å². The van der Waals surface area contributed by atoms with Crippen LogP contribution in [0.3, 0.4) is 0 Å². The van der Waals surface area contributed by atoms with Crippen LogP contribution in [0.25, 0.3) is 22.6 Å². The maximum absolute atomic E-state index is 12.5. The second-order valence-corrected chi connectivity index (χ2v) is 7.86. The molecule has 0 bridgehead atoms. The van der Waals surface area contributed by atoms with Crippen molar-refractivity contribution in [2.45, 2.75) is 13.0 Å². The molecule has 0 radical (unpaired) electrons. The molecule has 0 saturated carbocycles. The zero-order valence-corrected chi connectivity index (χ0v) is 17.4. The standard InChI is InChI=1S/C21H20Cl2N2O4/c1-13(12-25-4-6-27-7-5-25)28-21(26)14-2-3-18-19(10-14)29-20(24-18)15-8-16(22)11-17(23)9-15/h2-3,8-11,13H,4-7,12H2,1H3. The third kappa shape index (κ3) is 4.90. The summed E-state index contributed by atoms with van der Waals surface area (Å²) in [7, 11) is 0. The summed E-state index contributed by atoms with van der Waals surface area (Å²) in [6.45, 7) is 5.69. The molecule has 8 heteroatoms. The molecule has 0 aliphatic carbocycles. The zero-order chi connectivity index (χ0) is 20.4. The Balaban J connectivity index is 1.48. The molecule has 152 valence electrons. The summed E-state index contributed by atoms with van der Waals surface area (Å²) in [5.41, 5.74) is 2.21. The minimum absolute atomic E-state index is 0.227. The fraction of sp³-hybridized carbons (Fsp3) is 0.333. The van der Waals surface area contributed by atoms with E-state index in [1.165, 1.54) is 0 Å². The van der Waals surface area contributed by atoms with Crippen LogP contribution in [0.2, 0.25) is 10.0 Å². The van der Waals surface area contributed by atoms with E-state index in [4.69, 9.17) is 37.1 Å². The van der Waals surface area contributed by atoms with Crippen LogP contribution in [0.1, 0.15) is 17.3 Å². The van der Waals surface area contributed by atoms with E-state index in [0.29, 0.717) is 57.9 Å². The van der Waals surface area contributed by atoms with Gasteiger partial charge in [0.2, 0.25) is 5.89 Å². The molecule has 1 aromatic heterocycles. The number of benzene rings is 2. The number of fused-ring (bicyclic) bond motifs is 1. The predicted octanol–water partition coefficient (Wildman–Crippen LogP) is 4.68. The summed E-state index contributed by atoms with van der Waals surface area (Å²) < 4.78 is 16.8. The van der Waals surface area contributed by atoms with E-state index >= 15 is 0 Å². The lowest BCUT2D eigenvalue weighted by atomic mass is 10.2. The normalized spacial score (nSPS) is 16.1. The van der Waals surface area contributed by atoms with Crippen molar-refractivity contribution in [1.29, 1.82) is 0 Å². The molecular formula is C21H20Cl2N2O4. The monoisotopic (exact) mass is 434 g/mol. The van der Waals surface area contributed by atoms with Gasteiger partial charge in [0, 0.05) is 35.2 Å². The van der Waals surface area contributed by atoms with E-state index in [2.05, 4.69) is 9.88 Å². The number of nitrogens with zero attached hydrogens (tertiary/aromatic N) is 2. The molecule has 0 amide bonds. The molecule has 29 heavy (non-hydrogen) atoms. The van der Waals surface area contributed by atoms with Crippen LogP contribution >= 0.6 is 23.2 Å². The first-order valence-corrected chi connectivity index (χ1v) is 10.1. The van der Waals surface area contributed by atoms with E-state index in [1.807, 2.05) is 6.92 Å². The van der Waals surface area contributed by atoms with Crippen LogP contribution in [0.5, 0.6) is 0 Å². The molecule has 2 heterocycles. The van der Waals surface area contributed by atoms with Crippen LogP contribution in [0, 0.1) is 0 Å². The third-order valence-corrected chi connectivity index (χ3v) is 5.10. The number of carbonyl (C=O) groups is 1. The molecule has 1 aliphatic rings. The maximum Gasteiger partial charge on any atom is 0.338 e. The smallest absolute Gasteiger partial charge is 0.338 e. The number of esters is 1. The predicted molar refractivity (Wildman–Crippen MR) is 112 cm³/mol. The van der Waals surface area contributed by atoms with Gasteiger partial charge in [0.25, 0.3) is 0 Å². The van der Waals surface area contributed by atoms with Crippen LogP contribution < -0.4 is 0 Å². The van der Waals surface area contributed by atoms with Gasteiger partial charge in [-0.25, -0.2) is 9.78 Å². The Morgan fingerprint density at radius 3 is 2.62 bits per heavy atom. The van der Waals surface area contributed by atoms with Gasteiger partial charge >= 0.3 is 5.97 Å². The van der Waals surface area contributed by atoms with Crippen molar-refractivity contribution < 1.29 is 18.7 Å². The van der Waals surface area contributed by atoms with Gasteiger partial charge in [-0.05, 0) is 43.3 Å². The highest BCUT2D eigenvalue weighted by Crippen LogP contribution is 2.29. The van der Waals surface area contributed by atoms with Gasteiger partial charge in [0.15, 0.2) is 5.58 Å². The molecule has 2 aromatic carbocycles. The molecular weight excluding hydrogens is 415 g/mol. The zero-order valence-electron chi connectivity index (χ0n) is 15.9. The Bertz CT molecular complexity index is 1010. The van der Waals surface area contributed by atoms with Crippen LogP contribution in [0.4, 0.5) is 0 Å². The van der Waals surface area contributed by atoms with E-state index in [0.717, 1.165) is 13.1 Å². The van der Waals surface area contributed by atoms with Crippen molar-refractivity contribution in [3.8, 4) is 11.5 Å². The van der Waals surface area contributed by atoms with Crippen molar-refractivity contribution in [1.82, 2.24) is 9.88 Å². The Hall–Kier alpha value is -2.12. The molecule has 0 N–H and O–H groups in total. The second-order valence-electron chi connectivity index (χ2n) is 6.99. The lowest BCUT2D eigenvalue weighted by Gasteiger charge is -2.28.